The highest BCUT2D eigenvalue weighted by molar-refractivity contribution is 5.44. The van der Waals surface area contributed by atoms with Gasteiger partial charge >= 0.3 is 0 Å². The molecule has 1 atom stereocenters. The molecule has 1 aromatic heterocycles. The van der Waals surface area contributed by atoms with Crippen molar-refractivity contribution in [2.75, 3.05) is 26.3 Å². The third-order valence-corrected chi connectivity index (χ3v) is 5.37. The zero-order valence-electron chi connectivity index (χ0n) is 20.7. The van der Waals surface area contributed by atoms with Crippen molar-refractivity contribution in [3.63, 3.8) is 0 Å². The molecule has 0 saturated carbocycles. The predicted octanol–water partition coefficient (Wildman–Crippen LogP) is 4.83. The molecule has 3 rings (SSSR count). The number of ether oxygens (including phenoxy) is 2. The van der Waals surface area contributed by atoms with Crippen LogP contribution in [0.2, 0.25) is 0 Å². The summed E-state index contributed by atoms with van der Waals surface area (Å²) in [5, 5.41) is 15.4. The van der Waals surface area contributed by atoms with E-state index in [1.807, 2.05) is 37.3 Å². The molecule has 0 saturated heterocycles. The maximum Gasteiger partial charge on any atom is 0.227 e. The van der Waals surface area contributed by atoms with Gasteiger partial charge in [0.05, 0.1) is 29.7 Å². The summed E-state index contributed by atoms with van der Waals surface area (Å²) >= 11 is 0. The summed E-state index contributed by atoms with van der Waals surface area (Å²) in [5.41, 5.74) is 2.53. The third-order valence-electron chi connectivity index (χ3n) is 5.37. The van der Waals surface area contributed by atoms with Gasteiger partial charge in [-0.3, -0.25) is 4.90 Å². The van der Waals surface area contributed by atoms with E-state index in [9.17, 15) is 9.50 Å². The Morgan fingerprint density at radius 1 is 1.11 bits per heavy atom. The SMILES string of the molecule is C#CCOC[C@H](O)CN(Cc1c(CC)nn(-c2ccccc2)c1Oc1ccccc1F)CC(C)C. The van der Waals surface area contributed by atoms with Gasteiger partial charge < -0.3 is 14.6 Å². The summed E-state index contributed by atoms with van der Waals surface area (Å²) in [7, 11) is 0. The lowest BCUT2D eigenvalue weighted by Gasteiger charge is -2.27. The van der Waals surface area contributed by atoms with E-state index in [1.54, 1.807) is 22.9 Å². The van der Waals surface area contributed by atoms with Crippen LogP contribution < -0.4 is 4.74 Å². The number of halogens is 1. The van der Waals surface area contributed by atoms with Crippen LogP contribution in [0.4, 0.5) is 4.39 Å². The van der Waals surface area contributed by atoms with Crippen molar-refractivity contribution in [1.82, 2.24) is 14.7 Å². The van der Waals surface area contributed by atoms with Gasteiger partial charge in [-0.1, -0.05) is 57.0 Å². The molecule has 0 bridgehead atoms. The minimum Gasteiger partial charge on any atom is -0.435 e. The monoisotopic (exact) mass is 479 g/mol. The lowest BCUT2D eigenvalue weighted by atomic mass is 10.1. The lowest BCUT2D eigenvalue weighted by molar-refractivity contribution is 0.0236. The molecule has 0 unspecified atom stereocenters. The van der Waals surface area contributed by atoms with E-state index in [1.165, 1.54) is 6.07 Å². The van der Waals surface area contributed by atoms with E-state index >= 15 is 0 Å². The molecule has 0 fully saturated rings. The average molecular weight is 480 g/mol. The first-order valence-electron chi connectivity index (χ1n) is 11.9. The lowest BCUT2D eigenvalue weighted by Crippen LogP contribution is -2.37. The smallest absolute Gasteiger partial charge is 0.227 e. The molecular formula is C28H34FN3O3. The van der Waals surface area contributed by atoms with Gasteiger partial charge in [-0.05, 0) is 36.6 Å². The van der Waals surface area contributed by atoms with Crippen molar-refractivity contribution in [3.8, 4) is 29.7 Å². The van der Waals surface area contributed by atoms with Crippen LogP contribution >= 0.6 is 0 Å². The van der Waals surface area contributed by atoms with Crippen LogP contribution in [-0.2, 0) is 17.7 Å². The fraction of sp³-hybridized carbons (Fsp3) is 0.393. The largest absolute Gasteiger partial charge is 0.435 e. The Morgan fingerprint density at radius 2 is 1.83 bits per heavy atom. The summed E-state index contributed by atoms with van der Waals surface area (Å²) in [4.78, 5) is 2.15. The Hall–Kier alpha value is -3.18. The number of aryl methyl sites for hydroxylation is 1. The molecule has 6 nitrogen and oxygen atoms in total. The maximum atomic E-state index is 14.6. The van der Waals surface area contributed by atoms with E-state index in [0.717, 1.165) is 23.5 Å². The van der Waals surface area contributed by atoms with E-state index in [2.05, 4.69) is 24.7 Å². The second-order valence-electron chi connectivity index (χ2n) is 8.82. The minimum atomic E-state index is -0.702. The molecule has 0 aliphatic heterocycles. The highest BCUT2D eigenvalue weighted by atomic mass is 19.1. The summed E-state index contributed by atoms with van der Waals surface area (Å²) in [5.74, 6) is 2.92. The molecule has 0 aliphatic rings. The number of rotatable bonds is 13. The Balaban J connectivity index is 2.00. The number of terminal acetylenes is 1. The van der Waals surface area contributed by atoms with Crippen LogP contribution in [0.25, 0.3) is 5.69 Å². The fourth-order valence-corrected chi connectivity index (χ4v) is 3.95. The summed E-state index contributed by atoms with van der Waals surface area (Å²) in [6.07, 6.45) is 5.21. The molecule has 1 heterocycles. The first-order chi connectivity index (χ1) is 16.9. The molecule has 0 radical (unpaired) electrons. The van der Waals surface area contributed by atoms with E-state index in [-0.39, 0.29) is 19.0 Å². The molecule has 186 valence electrons. The van der Waals surface area contributed by atoms with Gasteiger partial charge in [-0.15, -0.1) is 6.42 Å². The third kappa shape index (κ3) is 7.40. The molecule has 0 amide bonds. The molecule has 0 spiro atoms. The molecular weight excluding hydrogens is 445 g/mol. The number of hydrogen-bond acceptors (Lipinski definition) is 5. The van der Waals surface area contributed by atoms with E-state index in [4.69, 9.17) is 21.0 Å². The zero-order valence-corrected chi connectivity index (χ0v) is 20.7. The van der Waals surface area contributed by atoms with Crippen molar-refractivity contribution < 1.29 is 19.0 Å². The second-order valence-corrected chi connectivity index (χ2v) is 8.82. The molecule has 35 heavy (non-hydrogen) atoms. The average Bonchev–Trinajstić information content (AvgIpc) is 3.17. The van der Waals surface area contributed by atoms with Crippen LogP contribution in [-0.4, -0.2) is 52.2 Å². The van der Waals surface area contributed by atoms with Crippen LogP contribution in [0.5, 0.6) is 11.6 Å². The second kappa shape index (κ2) is 13.1. The number of aromatic nitrogens is 2. The number of aliphatic hydroxyl groups excluding tert-OH is 1. The Labute approximate surface area is 207 Å². The quantitative estimate of drug-likeness (QED) is 0.281. The summed E-state index contributed by atoms with van der Waals surface area (Å²) in [6.45, 7) is 8.20. The number of para-hydroxylation sites is 2. The van der Waals surface area contributed by atoms with Crippen LogP contribution in [0, 0.1) is 24.1 Å². The van der Waals surface area contributed by atoms with Crippen molar-refractivity contribution >= 4 is 0 Å². The van der Waals surface area contributed by atoms with Crippen LogP contribution in [0.15, 0.2) is 54.6 Å². The van der Waals surface area contributed by atoms with Crippen LogP contribution in [0.3, 0.4) is 0 Å². The molecule has 2 aromatic carbocycles. The molecule has 1 N–H and O–H groups in total. The topological polar surface area (TPSA) is 59.8 Å². The van der Waals surface area contributed by atoms with Crippen molar-refractivity contribution in [1.29, 1.82) is 0 Å². The highest BCUT2D eigenvalue weighted by Gasteiger charge is 2.24. The van der Waals surface area contributed by atoms with E-state index < -0.39 is 11.9 Å². The van der Waals surface area contributed by atoms with Crippen LogP contribution in [0.1, 0.15) is 32.0 Å². The molecule has 7 heteroatoms. The van der Waals surface area contributed by atoms with Gasteiger partial charge in [0, 0.05) is 19.6 Å². The highest BCUT2D eigenvalue weighted by Crippen LogP contribution is 2.33. The van der Waals surface area contributed by atoms with Gasteiger partial charge in [-0.25, -0.2) is 9.07 Å². The Morgan fingerprint density at radius 3 is 2.49 bits per heavy atom. The number of hydrogen-bond donors (Lipinski definition) is 1. The Bertz CT molecular complexity index is 1110. The van der Waals surface area contributed by atoms with Gasteiger partial charge in [-0.2, -0.15) is 5.10 Å². The van der Waals surface area contributed by atoms with Gasteiger partial charge in [0.2, 0.25) is 5.88 Å². The minimum absolute atomic E-state index is 0.131. The van der Waals surface area contributed by atoms with Gasteiger partial charge in [0.25, 0.3) is 0 Å². The predicted molar refractivity (Wildman–Crippen MR) is 135 cm³/mol. The van der Waals surface area contributed by atoms with Crippen molar-refractivity contribution in [2.45, 2.75) is 39.8 Å². The number of aliphatic hydroxyl groups is 1. The fourth-order valence-electron chi connectivity index (χ4n) is 3.95. The number of nitrogens with zero attached hydrogens (tertiary/aromatic N) is 3. The number of benzene rings is 2. The summed E-state index contributed by atoms with van der Waals surface area (Å²) < 4.78 is 27.8. The normalized spacial score (nSPS) is 12.2. The Kier molecular flexibility index (Phi) is 9.86. The van der Waals surface area contributed by atoms with Gasteiger partial charge in [0.15, 0.2) is 11.6 Å². The van der Waals surface area contributed by atoms with Gasteiger partial charge in [0.1, 0.15) is 6.61 Å². The first kappa shape index (κ1) is 26.4. The maximum absolute atomic E-state index is 14.6. The van der Waals surface area contributed by atoms with E-state index in [0.29, 0.717) is 31.3 Å². The standard InChI is InChI=1S/C28H34FN3O3/c1-5-16-34-20-23(33)18-31(17-21(3)4)19-24-26(6-2)30-32(22-12-8-7-9-13-22)28(24)35-27-15-11-10-14-25(27)29/h1,7-15,21,23,33H,6,16-20H2,2-4H3/t23-/m1/s1. The molecule has 0 aliphatic carbocycles. The first-order valence-corrected chi connectivity index (χ1v) is 11.9. The zero-order chi connectivity index (χ0) is 25.2. The van der Waals surface area contributed by atoms with Crippen molar-refractivity contribution in [2.24, 2.45) is 5.92 Å². The van der Waals surface area contributed by atoms with Crippen molar-refractivity contribution in [3.05, 3.63) is 71.7 Å². The summed E-state index contributed by atoms with van der Waals surface area (Å²) in [6, 6.07) is 16.0. The molecule has 3 aromatic rings.